The maximum Gasteiger partial charge on any atom is 0.167 e. The molecule has 3 aromatic rings. The summed E-state index contributed by atoms with van der Waals surface area (Å²) in [5, 5.41) is 22.6. The van der Waals surface area contributed by atoms with E-state index in [1.807, 2.05) is 17.5 Å². The summed E-state index contributed by atoms with van der Waals surface area (Å²) in [6.07, 6.45) is -0.487. The Morgan fingerprint density at radius 2 is 2.11 bits per heavy atom. The highest BCUT2D eigenvalue weighted by Gasteiger charge is 2.44. The van der Waals surface area contributed by atoms with Crippen molar-refractivity contribution in [1.29, 1.82) is 0 Å². The Hall–Kier alpha value is -2.15. The third-order valence-corrected chi connectivity index (χ3v) is 5.26. The number of aromatic nitrogens is 4. The predicted octanol–water partition coefficient (Wildman–Crippen LogP) is 0.280. The number of hydrogen-bond acceptors (Lipinski definition) is 10. The fraction of sp³-hybridized carbons (Fsp3) is 0.438. The summed E-state index contributed by atoms with van der Waals surface area (Å²) in [5.74, 6) is 0.228. The average molecular weight is 393 g/mol. The van der Waals surface area contributed by atoms with Crippen molar-refractivity contribution >= 4 is 28.3 Å². The van der Waals surface area contributed by atoms with Crippen LogP contribution in [0.4, 0.5) is 5.82 Å². The first-order valence-electron chi connectivity index (χ1n) is 8.36. The molecule has 1 aliphatic heterocycles. The summed E-state index contributed by atoms with van der Waals surface area (Å²) >= 11 is 1.65. The number of imidazole rings is 1. The van der Waals surface area contributed by atoms with E-state index in [1.54, 1.807) is 11.3 Å². The highest BCUT2D eigenvalue weighted by molar-refractivity contribution is 7.09. The number of anilines is 1. The van der Waals surface area contributed by atoms with Crippen molar-refractivity contribution in [3.05, 3.63) is 35.0 Å². The van der Waals surface area contributed by atoms with Crippen LogP contribution in [0.25, 0.3) is 11.2 Å². The third kappa shape index (κ3) is 3.65. The Morgan fingerprint density at radius 1 is 1.22 bits per heavy atom. The molecule has 27 heavy (non-hydrogen) atoms. The molecule has 1 aliphatic rings. The summed E-state index contributed by atoms with van der Waals surface area (Å²) < 4.78 is 7.26. The molecule has 0 amide bonds. The van der Waals surface area contributed by atoms with Crippen LogP contribution >= 0.6 is 11.3 Å². The van der Waals surface area contributed by atoms with Crippen molar-refractivity contribution in [3.8, 4) is 0 Å². The second-order valence-corrected chi connectivity index (χ2v) is 7.10. The van der Waals surface area contributed by atoms with Crippen molar-refractivity contribution in [3.63, 3.8) is 0 Å². The third-order valence-electron chi connectivity index (χ3n) is 4.33. The van der Waals surface area contributed by atoms with Crippen LogP contribution in [0.5, 0.6) is 0 Å². The molecule has 1 fully saturated rings. The summed E-state index contributed by atoms with van der Waals surface area (Å²) in [5.41, 5.74) is 6.58. The number of hydrogen-bond donors (Lipinski definition) is 3. The van der Waals surface area contributed by atoms with Gasteiger partial charge in [0.2, 0.25) is 0 Å². The van der Waals surface area contributed by atoms with Gasteiger partial charge in [-0.2, -0.15) is 0 Å². The molecule has 10 nitrogen and oxygen atoms in total. The Balaban J connectivity index is 1.35. The van der Waals surface area contributed by atoms with Gasteiger partial charge in [0.1, 0.15) is 36.8 Å². The van der Waals surface area contributed by atoms with Gasteiger partial charge in [-0.15, -0.1) is 11.3 Å². The van der Waals surface area contributed by atoms with E-state index in [4.69, 9.17) is 20.2 Å². The molecular formula is C16H19N5O5S. The van der Waals surface area contributed by atoms with E-state index < -0.39 is 24.5 Å². The van der Waals surface area contributed by atoms with Gasteiger partial charge >= 0.3 is 0 Å². The van der Waals surface area contributed by atoms with Gasteiger partial charge < -0.3 is 20.7 Å². The molecule has 4 heterocycles. The van der Waals surface area contributed by atoms with Gasteiger partial charge in [-0.3, -0.25) is 4.57 Å². The normalized spacial score (nSPS) is 25.4. The van der Waals surface area contributed by atoms with Crippen molar-refractivity contribution < 1.29 is 24.7 Å². The van der Waals surface area contributed by atoms with Crippen molar-refractivity contribution in [2.24, 2.45) is 0 Å². The van der Waals surface area contributed by atoms with Crippen LogP contribution in [0.2, 0.25) is 0 Å². The molecular weight excluding hydrogens is 374 g/mol. The molecule has 4 rings (SSSR count). The van der Waals surface area contributed by atoms with Crippen molar-refractivity contribution in [2.45, 2.75) is 31.0 Å². The molecule has 144 valence electrons. The van der Waals surface area contributed by atoms with Crippen LogP contribution in [0.1, 0.15) is 11.1 Å². The first kappa shape index (κ1) is 18.2. The largest absolute Gasteiger partial charge is 0.387 e. The van der Waals surface area contributed by atoms with E-state index in [1.165, 1.54) is 22.1 Å². The highest BCUT2D eigenvalue weighted by atomic mass is 32.1. The standard InChI is InChI=1S/C16H19N5O5S/c17-14-11-15(19-7-18-14)21(8-20-11)16-13(23)12(22)10(26-16)6-25-24-4-3-9-2-1-5-27-9/h1-2,5,7-8,10,12-13,16,22-23H,3-4,6H2,(H2,17,18,19)/t10-,12-,13-,16-/m1/s1. The van der Waals surface area contributed by atoms with Crippen LogP contribution in [0, 0.1) is 0 Å². The minimum Gasteiger partial charge on any atom is -0.387 e. The minimum atomic E-state index is -1.18. The first-order chi connectivity index (χ1) is 13.1. The van der Waals surface area contributed by atoms with Crippen molar-refractivity contribution in [2.75, 3.05) is 18.9 Å². The zero-order valence-corrected chi connectivity index (χ0v) is 15.0. The molecule has 0 aromatic carbocycles. The number of rotatable bonds is 7. The van der Waals surface area contributed by atoms with Crippen LogP contribution in [0.3, 0.4) is 0 Å². The van der Waals surface area contributed by atoms with Gasteiger partial charge in [-0.25, -0.2) is 24.7 Å². The molecule has 0 spiro atoms. The molecule has 11 heteroatoms. The zero-order chi connectivity index (χ0) is 18.8. The summed E-state index contributed by atoms with van der Waals surface area (Å²) in [7, 11) is 0. The number of fused-ring (bicyclic) bond motifs is 1. The predicted molar refractivity (Wildman–Crippen MR) is 95.6 cm³/mol. The lowest BCUT2D eigenvalue weighted by molar-refractivity contribution is -0.309. The number of ether oxygens (including phenoxy) is 1. The van der Waals surface area contributed by atoms with Crippen LogP contribution < -0.4 is 5.73 Å². The number of thiophene rings is 1. The fourth-order valence-electron chi connectivity index (χ4n) is 2.92. The van der Waals surface area contributed by atoms with Gasteiger partial charge in [0.25, 0.3) is 0 Å². The molecule has 0 bridgehead atoms. The van der Waals surface area contributed by atoms with Gasteiger partial charge in [0.15, 0.2) is 17.7 Å². The SMILES string of the molecule is Nc1ncnc2c1ncn2[C@@H]1O[C@H](COOCCc2cccs2)[C@@H](O)[C@H]1O. The van der Waals surface area contributed by atoms with Gasteiger partial charge in [-0.1, -0.05) is 6.07 Å². The lowest BCUT2D eigenvalue weighted by atomic mass is 10.1. The topological polar surface area (TPSA) is 138 Å². The number of nitrogens with zero attached hydrogens (tertiary/aromatic N) is 4. The summed E-state index contributed by atoms with van der Waals surface area (Å²) in [6, 6.07) is 3.99. The summed E-state index contributed by atoms with van der Waals surface area (Å²) in [4.78, 5) is 23.6. The van der Waals surface area contributed by atoms with E-state index >= 15 is 0 Å². The fourth-order valence-corrected chi connectivity index (χ4v) is 3.61. The Kier molecular flexibility index (Phi) is 5.29. The van der Waals surface area contributed by atoms with Gasteiger partial charge in [-0.05, 0) is 11.4 Å². The Morgan fingerprint density at radius 3 is 2.93 bits per heavy atom. The molecule has 0 saturated carbocycles. The number of aliphatic hydroxyl groups is 2. The second kappa shape index (κ2) is 7.84. The zero-order valence-electron chi connectivity index (χ0n) is 14.2. The molecule has 0 aliphatic carbocycles. The average Bonchev–Trinajstić information content (AvgIpc) is 3.38. The quantitative estimate of drug-likeness (QED) is 0.293. The van der Waals surface area contributed by atoms with E-state index in [9.17, 15) is 10.2 Å². The second-order valence-electron chi connectivity index (χ2n) is 6.07. The Labute approximate surface area is 158 Å². The summed E-state index contributed by atoms with van der Waals surface area (Å²) in [6.45, 7) is 0.362. The van der Waals surface area contributed by atoms with Gasteiger partial charge in [0, 0.05) is 11.3 Å². The van der Waals surface area contributed by atoms with E-state index in [2.05, 4.69) is 15.0 Å². The molecule has 4 atom stereocenters. The van der Waals surface area contributed by atoms with Crippen LogP contribution in [-0.4, -0.2) is 61.3 Å². The molecule has 1 saturated heterocycles. The van der Waals surface area contributed by atoms with E-state index in [0.29, 0.717) is 17.8 Å². The monoisotopic (exact) mass is 393 g/mol. The number of nitrogens with two attached hydrogens (primary N) is 1. The van der Waals surface area contributed by atoms with Crippen LogP contribution in [-0.2, 0) is 20.9 Å². The van der Waals surface area contributed by atoms with E-state index in [-0.39, 0.29) is 12.4 Å². The molecule has 3 aromatic heterocycles. The number of nitrogen functional groups attached to an aromatic ring is 1. The van der Waals surface area contributed by atoms with Crippen molar-refractivity contribution in [1.82, 2.24) is 19.5 Å². The van der Waals surface area contributed by atoms with Crippen LogP contribution in [0.15, 0.2) is 30.2 Å². The highest BCUT2D eigenvalue weighted by Crippen LogP contribution is 2.32. The van der Waals surface area contributed by atoms with Gasteiger partial charge in [0.05, 0.1) is 12.9 Å². The lowest BCUT2D eigenvalue weighted by Crippen LogP contribution is -2.33. The first-order valence-corrected chi connectivity index (χ1v) is 9.24. The molecule has 0 unspecified atom stereocenters. The van der Waals surface area contributed by atoms with E-state index in [0.717, 1.165) is 6.42 Å². The number of aliphatic hydroxyl groups excluding tert-OH is 2. The Bertz CT molecular complexity index is 889. The maximum absolute atomic E-state index is 10.4. The minimum absolute atomic E-state index is 0.0249. The maximum atomic E-state index is 10.4. The molecule has 4 N–H and O–H groups in total. The smallest absolute Gasteiger partial charge is 0.167 e. The lowest BCUT2D eigenvalue weighted by Gasteiger charge is -2.16. The molecule has 0 radical (unpaired) electrons.